The van der Waals surface area contributed by atoms with Crippen molar-refractivity contribution in [1.82, 2.24) is 19.9 Å². The number of anilines is 4. The molecular formula is C25H24N6O2S. The maximum atomic E-state index is 12.4. The van der Waals surface area contributed by atoms with Crippen LogP contribution < -0.4 is 10.6 Å². The summed E-state index contributed by atoms with van der Waals surface area (Å²) < 4.78 is 5.15. The molecular weight excluding hydrogens is 448 g/mol. The first-order chi connectivity index (χ1) is 16.6. The second-order valence-corrected chi connectivity index (χ2v) is 8.00. The number of esters is 1. The molecule has 2 heterocycles. The molecule has 0 unspecified atom stereocenters. The Kier molecular flexibility index (Phi) is 7.34. The van der Waals surface area contributed by atoms with E-state index in [1.165, 1.54) is 18.0 Å². The van der Waals surface area contributed by atoms with Crippen molar-refractivity contribution in [1.29, 1.82) is 0 Å². The Morgan fingerprint density at radius 1 is 0.971 bits per heavy atom. The Bertz CT molecular complexity index is 1300. The van der Waals surface area contributed by atoms with Gasteiger partial charge in [0.15, 0.2) is 5.16 Å². The lowest BCUT2D eigenvalue weighted by Crippen LogP contribution is -2.10. The molecule has 9 heteroatoms. The highest BCUT2D eigenvalue weighted by Crippen LogP contribution is 2.26. The Morgan fingerprint density at radius 3 is 2.47 bits per heavy atom. The molecule has 0 bridgehead atoms. The van der Waals surface area contributed by atoms with Crippen molar-refractivity contribution in [2.24, 2.45) is 0 Å². The maximum Gasteiger partial charge on any atom is 0.343 e. The normalized spacial score (nSPS) is 10.6. The number of thioether (sulfide) groups is 1. The van der Waals surface area contributed by atoms with Crippen LogP contribution in [-0.2, 0) is 4.74 Å². The highest BCUT2D eigenvalue weighted by Gasteiger charge is 2.16. The number of carbonyl (C=O) groups excluding carboxylic acids is 1. The monoisotopic (exact) mass is 472 g/mol. The van der Waals surface area contributed by atoms with E-state index in [4.69, 9.17) is 4.74 Å². The van der Waals surface area contributed by atoms with E-state index in [0.717, 1.165) is 22.6 Å². The van der Waals surface area contributed by atoms with Crippen LogP contribution >= 0.6 is 11.8 Å². The Morgan fingerprint density at radius 2 is 1.74 bits per heavy atom. The number of hydrogen-bond donors (Lipinski definition) is 2. The molecule has 0 fully saturated rings. The minimum atomic E-state index is -0.475. The number of nitrogens with zero attached hydrogens (tertiary/aromatic N) is 4. The lowest BCUT2D eigenvalue weighted by atomic mass is 10.1. The highest BCUT2D eigenvalue weighted by atomic mass is 32.2. The molecule has 0 aliphatic heterocycles. The molecule has 0 atom stereocenters. The fourth-order valence-electron chi connectivity index (χ4n) is 3.27. The summed E-state index contributed by atoms with van der Waals surface area (Å²) in [6, 6.07) is 19.5. The van der Waals surface area contributed by atoms with Crippen LogP contribution in [0.5, 0.6) is 0 Å². The number of carbonyl (C=O) groups is 1. The van der Waals surface area contributed by atoms with E-state index in [1.807, 2.05) is 73.8 Å². The number of nitrogens with one attached hydrogen (secondary N) is 2. The predicted octanol–water partition coefficient (Wildman–Crippen LogP) is 5.63. The van der Waals surface area contributed by atoms with Gasteiger partial charge in [0.1, 0.15) is 23.0 Å². The molecule has 0 spiro atoms. The van der Waals surface area contributed by atoms with Gasteiger partial charge >= 0.3 is 5.97 Å². The smallest absolute Gasteiger partial charge is 0.343 e. The van der Waals surface area contributed by atoms with Crippen LogP contribution in [0.1, 0.15) is 23.1 Å². The number of hydrogen-bond acceptors (Lipinski definition) is 9. The van der Waals surface area contributed by atoms with Crippen molar-refractivity contribution in [3.05, 3.63) is 78.2 Å². The molecule has 0 amide bonds. The third-order valence-electron chi connectivity index (χ3n) is 4.75. The van der Waals surface area contributed by atoms with Crippen molar-refractivity contribution in [3.8, 4) is 11.3 Å². The predicted molar refractivity (Wildman–Crippen MR) is 135 cm³/mol. The molecule has 2 aromatic heterocycles. The molecule has 4 rings (SSSR count). The number of aryl methyl sites for hydroxylation is 1. The van der Waals surface area contributed by atoms with E-state index in [1.54, 1.807) is 6.92 Å². The Balaban J connectivity index is 1.59. The maximum absolute atomic E-state index is 12.4. The number of ether oxygens (including phenoxy) is 1. The summed E-state index contributed by atoms with van der Waals surface area (Å²) >= 11 is 1.39. The minimum absolute atomic E-state index is 0.269. The van der Waals surface area contributed by atoms with Gasteiger partial charge in [-0.05, 0) is 38.3 Å². The molecule has 2 N–H and O–H groups in total. The largest absolute Gasteiger partial charge is 0.462 e. The Labute approximate surface area is 202 Å². The van der Waals surface area contributed by atoms with E-state index in [-0.39, 0.29) is 12.2 Å². The van der Waals surface area contributed by atoms with Crippen molar-refractivity contribution in [3.63, 3.8) is 0 Å². The minimum Gasteiger partial charge on any atom is -0.462 e. The number of aromatic nitrogens is 4. The van der Waals surface area contributed by atoms with Crippen LogP contribution in [-0.4, -0.2) is 38.8 Å². The van der Waals surface area contributed by atoms with Crippen LogP contribution in [0.15, 0.2) is 72.0 Å². The van der Waals surface area contributed by atoms with E-state index >= 15 is 0 Å². The third-order valence-corrected chi connectivity index (χ3v) is 5.31. The van der Waals surface area contributed by atoms with E-state index in [0.29, 0.717) is 22.6 Å². The van der Waals surface area contributed by atoms with Crippen molar-refractivity contribution < 1.29 is 9.53 Å². The standard InChI is InChI=1S/C25H24N6O2S/c1-4-33-24(32)20-15-26-25(34-3)31-23(20)30-19-12-8-11-18(13-19)29-22-14-21(27-16(2)28-22)17-9-6-5-7-10-17/h5-15H,4H2,1-3H3,(H,26,30,31)(H,27,28,29). The van der Waals surface area contributed by atoms with Gasteiger partial charge in [-0.1, -0.05) is 48.2 Å². The lowest BCUT2D eigenvalue weighted by Gasteiger charge is -2.13. The quantitative estimate of drug-likeness (QED) is 0.192. The first-order valence-electron chi connectivity index (χ1n) is 10.7. The van der Waals surface area contributed by atoms with E-state index in [9.17, 15) is 4.79 Å². The van der Waals surface area contributed by atoms with Gasteiger partial charge in [-0.2, -0.15) is 0 Å². The molecule has 4 aromatic rings. The molecule has 0 radical (unpaired) electrons. The van der Waals surface area contributed by atoms with Gasteiger partial charge in [-0.25, -0.2) is 24.7 Å². The van der Waals surface area contributed by atoms with Crippen LogP contribution in [0, 0.1) is 6.92 Å². The SMILES string of the molecule is CCOC(=O)c1cnc(SC)nc1Nc1cccc(Nc2cc(-c3ccccc3)nc(C)n2)c1. The zero-order chi connectivity index (χ0) is 23.9. The first kappa shape index (κ1) is 23.2. The van der Waals surface area contributed by atoms with Crippen molar-refractivity contribution >= 4 is 40.7 Å². The summed E-state index contributed by atoms with van der Waals surface area (Å²) in [5.74, 6) is 1.27. The summed E-state index contributed by atoms with van der Waals surface area (Å²) in [7, 11) is 0. The second-order valence-electron chi connectivity index (χ2n) is 7.22. The van der Waals surface area contributed by atoms with Gasteiger partial charge in [0, 0.05) is 29.2 Å². The zero-order valence-corrected chi connectivity index (χ0v) is 19.9. The first-order valence-corrected chi connectivity index (χ1v) is 11.9. The average Bonchev–Trinajstić information content (AvgIpc) is 2.84. The molecule has 8 nitrogen and oxygen atoms in total. The summed E-state index contributed by atoms with van der Waals surface area (Å²) in [4.78, 5) is 30.1. The van der Waals surface area contributed by atoms with Gasteiger partial charge < -0.3 is 15.4 Å². The molecule has 2 aromatic carbocycles. The van der Waals surface area contributed by atoms with Crippen molar-refractivity contribution in [2.45, 2.75) is 19.0 Å². The molecule has 0 aliphatic rings. The fourth-order valence-corrected chi connectivity index (χ4v) is 3.61. The molecule has 34 heavy (non-hydrogen) atoms. The summed E-state index contributed by atoms with van der Waals surface area (Å²) in [5, 5.41) is 7.12. The zero-order valence-electron chi connectivity index (χ0n) is 19.1. The van der Waals surface area contributed by atoms with Crippen LogP contribution in [0.25, 0.3) is 11.3 Å². The van der Waals surface area contributed by atoms with Gasteiger partial charge in [0.05, 0.1) is 12.3 Å². The second kappa shape index (κ2) is 10.8. The Hall–Kier alpha value is -3.98. The van der Waals surface area contributed by atoms with Crippen LogP contribution in [0.2, 0.25) is 0 Å². The fraction of sp³-hybridized carbons (Fsp3) is 0.160. The summed E-state index contributed by atoms with van der Waals surface area (Å²) in [5.41, 5.74) is 3.70. The topological polar surface area (TPSA) is 102 Å². The lowest BCUT2D eigenvalue weighted by molar-refractivity contribution is 0.0526. The van der Waals surface area contributed by atoms with Gasteiger partial charge in [0.2, 0.25) is 0 Å². The summed E-state index contributed by atoms with van der Waals surface area (Å²) in [6.07, 6.45) is 3.36. The van der Waals surface area contributed by atoms with Gasteiger partial charge in [-0.3, -0.25) is 0 Å². The van der Waals surface area contributed by atoms with Crippen LogP contribution in [0.4, 0.5) is 23.0 Å². The molecule has 0 saturated carbocycles. The third kappa shape index (κ3) is 5.68. The van der Waals surface area contributed by atoms with E-state index in [2.05, 4.69) is 30.6 Å². The number of rotatable bonds is 8. The molecule has 0 aliphatic carbocycles. The average molecular weight is 473 g/mol. The van der Waals surface area contributed by atoms with Gasteiger partial charge in [0.25, 0.3) is 0 Å². The highest BCUT2D eigenvalue weighted by molar-refractivity contribution is 7.98. The van der Waals surface area contributed by atoms with Gasteiger partial charge in [-0.15, -0.1) is 0 Å². The van der Waals surface area contributed by atoms with Crippen LogP contribution in [0.3, 0.4) is 0 Å². The molecule has 0 saturated heterocycles. The summed E-state index contributed by atoms with van der Waals surface area (Å²) in [6.45, 7) is 3.89. The number of benzene rings is 2. The van der Waals surface area contributed by atoms with E-state index < -0.39 is 5.97 Å². The van der Waals surface area contributed by atoms with Crippen molar-refractivity contribution in [2.75, 3.05) is 23.5 Å². The molecule has 172 valence electrons.